The van der Waals surface area contributed by atoms with Crippen molar-refractivity contribution in [3.63, 3.8) is 0 Å². The number of nitrogens with zero attached hydrogens (tertiary/aromatic N) is 3. The largest absolute Gasteiger partial charge is 0.355 e. The van der Waals surface area contributed by atoms with Gasteiger partial charge in [0.25, 0.3) is 11.8 Å². The highest BCUT2D eigenvalue weighted by molar-refractivity contribution is 5.61. The first-order valence-electron chi connectivity index (χ1n) is 5.10. The van der Waals surface area contributed by atoms with Crippen LogP contribution < -0.4 is 5.32 Å². The number of aromatic nitrogens is 2. The molecule has 15 heavy (non-hydrogen) atoms. The van der Waals surface area contributed by atoms with Crippen LogP contribution in [0.5, 0.6) is 0 Å². The molecule has 0 radical (unpaired) electrons. The molecular weight excluding hydrogens is 192 g/mol. The Morgan fingerprint density at radius 3 is 3.00 bits per heavy atom. The van der Waals surface area contributed by atoms with Crippen LogP contribution in [-0.2, 0) is 0 Å². The third-order valence-corrected chi connectivity index (χ3v) is 2.45. The molecule has 1 aromatic heterocycles. The van der Waals surface area contributed by atoms with Gasteiger partial charge in [-0.25, -0.2) is 0 Å². The molecule has 5 nitrogen and oxygen atoms in total. The second kappa shape index (κ2) is 4.02. The topological polar surface area (TPSA) is 54.2 Å². The van der Waals surface area contributed by atoms with E-state index in [-0.39, 0.29) is 0 Å². The summed E-state index contributed by atoms with van der Waals surface area (Å²) in [6, 6.07) is 0. The molecule has 2 heterocycles. The number of anilines is 1. The van der Waals surface area contributed by atoms with Gasteiger partial charge in [0.1, 0.15) is 0 Å². The van der Waals surface area contributed by atoms with Crippen molar-refractivity contribution in [1.82, 2.24) is 15.0 Å². The van der Waals surface area contributed by atoms with Gasteiger partial charge in [-0.1, -0.05) is 13.0 Å². The number of likely N-dealkylation sites (N-methyl/N-ethyl adjacent to an activating group) is 1. The monoisotopic (exact) mass is 208 g/mol. The van der Waals surface area contributed by atoms with E-state index < -0.39 is 0 Å². The molecule has 2 rings (SSSR count). The van der Waals surface area contributed by atoms with Gasteiger partial charge in [0.2, 0.25) is 0 Å². The summed E-state index contributed by atoms with van der Waals surface area (Å²) in [4.78, 5) is 6.49. The normalized spacial score (nSPS) is 22.6. The molecule has 0 bridgehead atoms. The molecule has 0 amide bonds. The van der Waals surface area contributed by atoms with Crippen molar-refractivity contribution in [2.24, 2.45) is 5.92 Å². The minimum absolute atomic E-state index is 0.531. The number of nitrogens with one attached hydrogen (secondary N) is 1. The van der Waals surface area contributed by atoms with Crippen molar-refractivity contribution < 1.29 is 4.52 Å². The average Bonchev–Trinajstić information content (AvgIpc) is 2.64. The van der Waals surface area contributed by atoms with Crippen molar-refractivity contribution in [2.75, 3.05) is 32.5 Å². The zero-order valence-corrected chi connectivity index (χ0v) is 9.32. The Bertz CT molecular complexity index is 371. The third kappa shape index (κ3) is 2.18. The van der Waals surface area contributed by atoms with E-state index in [2.05, 4.69) is 40.4 Å². The zero-order valence-electron chi connectivity index (χ0n) is 9.32. The SMILES string of the molecule is CNc1noc(C2=C[C@H](C)CN(C)C2)n1. The second-order valence-electron chi connectivity index (χ2n) is 4.04. The van der Waals surface area contributed by atoms with E-state index in [0.717, 1.165) is 18.7 Å². The van der Waals surface area contributed by atoms with Crippen molar-refractivity contribution in [1.29, 1.82) is 0 Å². The summed E-state index contributed by atoms with van der Waals surface area (Å²) in [6.07, 6.45) is 2.20. The lowest BCUT2D eigenvalue weighted by Crippen LogP contribution is -2.29. The summed E-state index contributed by atoms with van der Waals surface area (Å²) >= 11 is 0. The van der Waals surface area contributed by atoms with Crippen LogP contribution in [0.1, 0.15) is 12.8 Å². The fourth-order valence-corrected chi connectivity index (χ4v) is 1.89. The summed E-state index contributed by atoms with van der Waals surface area (Å²) in [7, 11) is 3.87. The summed E-state index contributed by atoms with van der Waals surface area (Å²) in [5.41, 5.74) is 1.12. The van der Waals surface area contributed by atoms with Crippen LogP contribution in [-0.4, -0.2) is 42.2 Å². The Kier molecular flexibility index (Phi) is 2.73. The van der Waals surface area contributed by atoms with Crippen LogP contribution in [0.2, 0.25) is 0 Å². The summed E-state index contributed by atoms with van der Waals surface area (Å²) in [6.45, 7) is 4.14. The lowest BCUT2D eigenvalue weighted by Gasteiger charge is -2.25. The van der Waals surface area contributed by atoms with Gasteiger partial charge in [-0.15, -0.1) is 0 Å². The fraction of sp³-hybridized carbons (Fsp3) is 0.600. The molecular formula is C10H16N4O. The predicted molar refractivity (Wildman–Crippen MR) is 58.5 cm³/mol. The Morgan fingerprint density at radius 1 is 1.60 bits per heavy atom. The van der Waals surface area contributed by atoms with E-state index >= 15 is 0 Å². The van der Waals surface area contributed by atoms with E-state index in [4.69, 9.17) is 4.52 Å². The molecule has 1 N–H and O–H groups in total. The number of hydrogen-bond acceptors (Lipinski definition) is 5. The molecule has 0 aliphatic carbocycles. The first kappa shape index (κ1) is 10.2. The Balaban J connectivity index is 2.22. The van der Waals surface area contributed by atoms with Crippen molar-refractivity contribution in [2.45, 2.75) is 6.92 Å². The van der Waals surface area contributed by atoms with Gasteiger partial charge < -0.3 is 14.7 Å². The standard InChI is InChI=1S/C10H16N4O/c1-7-4-8(6-14(3)5-7)9-12-10(11-2)13-15-9/h4,7H,5-6H2,1-3H3,(H,11,13)/t7-/m0/s1. The summed E-state index contributed by atoms with van der Waals surface area (Å²) < 4.78 is 5.17. The van der Waals surface area contributed by atoms with Crippen LogP contribution in [0.15, 0.2) is 10.6 Å². The fourth-order valence-electron chi connectivity index (χ4n) is 1.89. The van der Waals surface area contributed by atoms with E-state index in [1.54, 1.807) is 7.05 Å². The number of hydrogen-bond donors (Lipinski definition) is 1. The maximum absolute atomic E-state index is 5.17. The maximum atomic E-state index is 5.17. The predicted octanol–water partition coefficient (Wildman–Crippen LogP) is 1.08. The zero-order chi connectivity index (χ0) is 10.8. The van der Waals surface area contributed by atoms with Gasteiger partial charge >= 0.3 is 0 Å². The van der Waals surface area contributed by atoms with E-state index in [1.165, 1.54) is 0 Å². The molecule has 0 spiro atoms. The summed E-state index contributed by atoms with van der Waals surface area (Å²) in [5, 5.41) is 6.66. The van der Waals surface area contributed by atoms with Crippen LogP contribution in [0, 0.1) is 5.92 Å². The molecule has 0 fully saturated rings. The molecule has 1 aromatic rings. The highest BCUT2D eigenvalue weighted by Crippen LogP contribution is 2.21. The first-order chi connectivity index (χ1) is 7.19. The number of rotatable bonds is 2. The molecule has 0 aromatic carbocycles. The molecule has 1 aliphatic rings. The maximum Gasteiger partial charge on any atom is 0.263 e. The van der Waals surface area contributed by atoms with Gasteiger partial charge in [0, 0.05) is 25.7 Å². The Morgan fingerprint density at radius 2 is 2.40 bits per heavy atom. The lowest BCUT2D eigenvalue weighted by atomic mass is 10.0. The minimum atomic E-state index is 0.531. The van der Waals surface area contributed by atoms with Crippen molar-refractivity contribution >= 4 is 11.5 Å². The smallest absolute Gasteiger partial charge is 0.263 e. The average molecular weight is 208 g/mol. The molecule has 1 atom stereocenters. The van der Waals surface area contributed by atoms with Gasteiger partial charge in [-0.2, -0.15) is 4.98 Å². The minimum Gasteiger partial charge on any atom is -0.355 e. The van der Waals surface area contributed by atoms with E-state index in [1.807, 2.05) is 0 Å². The first-order valence-corrected chi connectivity index (χ1v) is 5.10. The van der Waals surface area contributed by atoms with Gasteiger partial charge in [-0.05, 0) is 18.1 Å². The molecule has 1 aliphatic heterocycles. The molecule has 82 valence electrons. The molecule has 0 unspecified atom stereocenters. The second-order valence-corrected chi connectivity index (χ2v) is 4.04. The van der Waals surface area contributed by atoms with Crippen LogP contribution >= 0.6 is 0 Å². The van der Waals surface area contributed by atoms with Gasteiger partial charge in [0.15, 0.2) is 0 Å². The Labute approximate surface area is 89.2 Å². The van der Waals surface area contributed by atoms with Gasteiger partial charge in [-0.3, -0.25) is 0 Å². The Hall–Kier alpha value is -1.36. The quantitative estimate of drug-likeness (QED) is 0.788. The van der Waals surface area contributed by atoms with Crippen molar-refractivity contribution in [3.8, 4) is 0 Å². The summed E-state index contributed by atoms with van der Waals surface area (Å²) in [5.74, 6) is 1.69. The van der Waals surface area contributed by atoms with E-state index in [9.17, 15) is 0 Å². The van der Waals surface area contributed by atoms with Gasteiger partial charge in [0.05, 0.1) is 0 Å². The third-order valence-electron chi connectivity index (χ3n) is 2.45. The van der Waals surface area contributed by atoms with E-state index in [0.29, 0.717) is 17.8 Å². The highest BCUT2D eigenvalue weighted by atomic mass is 16.5. The van der Waals surface area contributed by atoms with Crippen LogP contribution in [0.3, 0.4) is 0 Å². The molecule has 5 heteroatoms. The molecule has 0 saturated carbocycles. The van der Waals surface area contributed by atoms with Crippen LogP contribution in [0.4, 0.5) is 5.95 Å². The van der Waals surface area contributed by atoms with Crippen molar-refractivity contribution in [3.05, 3.63) is 12.0 Å². The lowest BCUT2D eigenvalue weighted by molar-refractivity contribution is 0.321. The molecule has 0 saturated heterocycles. The highest BCUT2D eigenvalue weighted by Gasteiger charge is 2.19. The van der Waals surface area contributed by atoms with Crippen LogP contribution in [0.25, 0.3) is 5.57 Å².